The number of ether oxygens (including phenoxy) is 1. The van der Waals surface area contributed by atoms with Gasteiger partial charge >= 0.3 is 0 Å². The number of nitrogens with one attached hydrogen (secondary N) is 1. The number of carbonyl (C=O) groups excluding carboxylic acids is 1. The van der Waals surface area contributed by atoms with E-state index in [1.165, 1.54) is 19.3 Å². The van der Waals surface area contributed by atoms with Crippen LogP contribution in [0.3, 0.4) is 0 Å². The van der Waals surface area contributed by atoms with Crippen molar-refractivity contribution < 1.29 is 9.53 Å². The lowest BCUT2D eigenvalue weighted by Gasteiger charge is -2.30. The predicted octanol–water partition coefficient (Wildman–Crippen LogP) is 1.37. The van der Waals surface area contributed by atoms with Gasteiger partial charge < -0.3 is 15.8 Å². The number of nitrogens with two attached hydrogens (primary N) is 1. The normalized spacial score (nSPS) is 18.6. The zero-order valence-corrected chi connectivity index (χ0v) is 11.2. The Bertz CT molecular complexity index is 265. The first-order valence-electron chi connectivity index (χ1n) is 6.22. The van der Waals surface area contributed by atoms with Gasteiger partial charge in [-0.25, -0.2) is 0 Å². The van der Waals surface area contributed by atoms with Crippen molar-refractivity contribution in [3.8, 4) is 0 Å². The molecule has 1 fully saturated rings. The fourth-order valence-corrected chi connectivity index (χ4v) is 2.58. The topological polar surface area (TPSA) is 64.3 Å². The van der Waals surface area contributed by atoms with Gasteiger partial charge in [-0.05, 0) is 18.8 Å². The van der Waals surface area contributed by atoms with E-state index in [0.29, 0.717) is 23.9 Å². The molecule has 0 aliphatic heterocycles. The summed E-state index contributed by atoms with van der Waals surface area (Å²) in [4.78, 5) is 12.1. The highest BCUT2D eigenvalue weighted by Crippen LogP contribution is 2.26. The van der Waals surface area contributed by atoms with Crippen molar-refractivity contribution in [2.45, 2.75) is 44.6 Å². The molecule has 5 heteroatoms. The van der Waals surface area contributed by atoms with Crippen LogP contribution in [0.2, 0.25) is 0 Å². The Morgan fingerprint density at radius 2 is 2.12 bits per heavy atom. The van der Waals surface area contributed by atoms with Gasteiger partial charge in [-0.3, -0.25) is 4.79 Å². The van der Waals surface area contributed by atoms with Crippen molar-refractivity contribution in [1.82, 2.24) is 5.32 Å². The smallest absolute Gasteiger partial charge is 0.222 e. The molecule has 98 valence electrons. The van der Waals surface area contributed by atoms with Gasteiger partial charge in [0.25, 0.3) is 0 Å². The first-order valence-corrected chi connectivity index (χ1v) is 6.63. The van der Waals surface area contributed by atoms with Crippen LogP contribution in [0.5, 0.6) is 0 Å². The number of thiocarbonyl (C=S) groups is 1. The van der Waals surface area contributed by atoms with Crippen molar-refractivity contribution >= 4 is 23.1 Å². The minimum atomic E-state index is -0.144. The molecule has 0 radical (unpaired) electrons. The third-order valence-electron chi connectivity index (χ3n) is 3.28. The van der Waals surface area contributed by atoms with Crippen LogP contribution in [-0.2, 0) is 9.53 Å². The monoisotopic (exact) mass is 258 g/mol. The van der Waals surface area contributed by atoms with Crippen LogP contribution in [0.15, 0.2) is 0 Å². The van der Waals surface area contributed by atoms with E-state index >= 15 is 0 Å². The van der Waals surface area contributed by atoms with Crippen molar-refractivity contribution in [1.29, 1.82) is 0 Å². The Morgan fingerprint density at radius 3 is 2.65 bits per heavy atom. The van der Waals surface area contributed by atoms with Crippen molar-refractivity contribution in [3.63, 3.8) is 0 Å². The Hall–Kier alpha value is -0.680. The van der Waals surface area contributed by atoms with E-state index in [9.17, 15) is 4.79 Å². The molecular weight excluding hydrogens is 236 g/mol. The van der Waals surface area contributed by atoms with Crippen molar-refractivity contribution in [3.05, 3.63) is 0 Å². The number of methoxy groups -OCH3 is 1. The number of rotatable bonds is 6. The van der Waals surface area contributed by atoms with Crippen LogP contribution in [-0.4, -0.2) is 30.7 Å². The van der Waals surface area contributed by atoms with Crippen LogP contribution in [0.4, 0.5) is 0 Å². The average Bonchev–Trinajstić information content (AvgIpc) is 2.34. The summed E-state index contributed by atoms with van der Waals surface area (Å²) < 4.78 is 4.88. The summed E-state index contributed by atoms with van der Waals surface area (Å²) in [7, 11) is 1.58. The van der Waals surface area contributed by atoms with E-state index in [2.05, 4.69) is 5.32 Å². The lowest BCUT2D eigenvalue weighted by molar-refractivity contribution is -0.122. The number of hydrogen-bond acceptors (Lipinski definition) is 3. The van der Waals surface area contributed by atoms with Crippen LogP contribution in [0.25, 0.3) is 0 Å². The van der Waals surface area contributed by atoms with Gasteiger partial charge in [-0.2, -0.15) is 0 Å². The maximum atomic E-state index is 11.7. The van der Waals surface area contributed by atoms with Crippen molar-refractivity contribution in [2.75, 3.05) is 13.7 Å². The summed E-state index contributed by atoms with van der Waals surface area (Å²) in [6, 6.07) is -0.144. The van der Waals surface area contributed by atoms with E-state index in [0.717, 1.165) is 12.8 Å². The zero-order chi connectivity index (χ0) is 12.7. The fraction of sp³-hybridized carbons (Fsp3) is 0.833. The number of hydrogen-bond donors (Lipinski definition) is 2. The first-order chi connectivity index (χ1) is 8.15. The maximum Gasteiger partial charge on any atom is 0.222 e. The molecule has 3 N–H and O–H groups in total. The van der Waals surface area contributed by atoms with E-state index in [4.69, 9.17) is 22.7 Å². The summed E-state index contributed by atoms with van der Waals surface area (Å²) in [5.41, 5.74) is 5.73. The number of amides is 1. The summed E-state index contributed by atoms with van der Waals surface area (Å²) >= 11 is 5.06. The lowest BCUT2D eigenvalue weighted by atomic mass is 9.84. The molecule has 0 aromatic carbocycles. The highest BCUT2D eigenvalue weighted by atomic mass is 32.1. The quantitative estimate of drug-likeness (QED) is 0.706. The van der Waals surface area contributed by atoms with Crippen LogP contribution in [0, 0.1) is 5.92 Å². The summed E-state index contributed by atoms with van der Waals surface area (Å²) in [6.45, 7) is 0.431. The summed E-state index contributed by atoms with van der Waals surface area (Å²) in [5.74, 6) is 0.378. The summed E-state index contributed by atoms with van der Waals surface area (Å²) in [6.07, 6.45) is 6.26. The second-order valence-electron chi connectivity index (χ2n) is 4.59. The Labute approximate surface area is 108 Å². The SMILES string of the molecule is COCCC(=O)NC(C(N)=S)C1CCCCC1. The van der Waals surface area contributed by atoms with E-state index < -0.39 is 0 Å². The molecule has 1 saturated carbocycles. The third kappa shape index (κ3) is 5.00. The minimum absolute atomic E-state index is 0.0322. The van der Waals surface area contributed by atoms with E-state index in [-0.39, 0.29) is 11.9 Å². The average molecular weight is 258 g/mol. The standard InChI is InChI=1S/C12H22N2O2S/c1-16-8-7-10(15)14-11(12(13)17)9-5-3-2-4-6-9/h9,11H,2-8H2,1H3,(H2,13,17)(H,14,15). The van der Waals surface area contributed by atoms with Crippen LogP contribution in [0.1, 0.15) is 38.5 Å². The molecule has 1 aliphatic rings. The zero-order valence-electron chi connectivity index (χ0n) is 10.4. The van der Waals surface area contributed by atoms with Gasteiger partial charge in [0.05, 0.1) is 17.6 Å². The molecular formula is C12H22N2O2S. The molecule has 4 nitrogen and oxygen atoms in total. The van der Waals surface area contributed by atoms with E-state index in [1.54, 1.807) is 7.11 Å². The molecule has 0 heterocycles. The fourth-order valence-electron chi connectivity index (χ4n) is 2.33. The first kappa shape index (κ1) is 14.4. The third-order valence-corrected chi connectivity index (χ3v) is 3.53. The minimum Gasteiger partial charge on any atom is -0.392 e. The van der Waals surface area contributed by atoms with Gasteiger partial charge in [0.1, 0.15) is 0 Å². The second kappa shape index (κ2) is 7.61. The maximum absolute atomic E-state index is 11.7. The number of carbonyl (C=O) groups is 1. The Balaban J connectivity index is 2.47. The molecule has 17 heavy (non-hydrogen) atoms. The molecule has 1 aliphatic carbocycles. The molecule has 1 unspecified atom stereocenters. The molecule has 0 spiro atoms. The molecule has 1 rings (SSSR count). The lowest BCUT2D eigenvalue weighted by Crippen LogP contribution is -2.49. The molecule has 0 saturated heterocycles. The molecule has 0 aromatic heterocycles. The summed E-state index contributed by atoms with van der Waals surface area (Å²) in [5, 5.41) is 2.94. The van der Waals surface area contributed by atoms with Gasteiger partial charge in [-0.1, -0.05) is 31.5 Å². The van der Waals surface area contributed by atoms with Gasteiger partial charge in [-0.15, -0.1) is 0 Å². The van der Waals surface area contributed by atoms with Gasteiger partial charge in [0, 0.05) is 13.5 Å². The second-order valence-corrected chi connectivity index (χ2v) is 5.06. The highest BCUT2D eigenvalue weighted by Gasteiger charge is 2.26. The molecule has 1 amide bonds. The van der Waals surface area contributed by atoms with Crippen LogP contribution >= 0.6 is 12.2 Å². The van der Waals surface area contributed by atoms with Gasteiger partial charge in [0.2, 0.25) is 5.91 Å². The van der Waals surface area contributed by atoms with E-state index in [1.807, 2.05) is 0 Å². The molecule has 0 aromatic rings. The van der Waals surface area contributed by atoms with Gasteiger partial charge in [0.15, 0.2) is 0 Å². The molecule has 0 bridgehead atoms. The highest BCUT2D eigenvalue weighted by molar-refractivity contribution is 7.80. The Morgan fingerprint density at radius 1 is 1.47 bits per heavy atom. The largest absolute Gasteiger partial charge is 0.392 e. The molecule has 1 atom stereocenters. The Kier molecular flexibility index (Phi) is 6.44. The van der Waals surface area contributed by atoms with Crippen molar-refractivity contribution in [2.24, 2.45) is 11.7 Å². The predicted molar refractivity (Wildman–Crippen MR) is 71.8 cm³/mol. The van der Waals surface area contributed by atoms with Crippen LogP contribution < -0.4 is 11.1 Å².